The van der Waals surface area contributed by atoms with Crippen LogP contribution in [0.2, 0.25) is 0 Å². The Morgan fingerprint density at radius 3 is 2.72 bits per heavy atom. The summed E-state index contributed by atoms with van der Waals surface area (Å²) in [5, 5.41) is 3.12. The van der Waals surface area contributed by atoms with E-state index in [0.29, 0.717) is 23.3 Å². The number of hydrogen-bond donors (Lipinski definition) is 2. The highest BCUT2D eigenvalue weighted by Crippen LogP contribution is 2.32. The summed E-state index contributed by atoms with van der Waals surface area (Å²) in [6.07, 6.45) is 0.894. The third-order valence-corrected chi connectivity index (χ3v) is 5.57. The second-order valence-corrected chi connectivity index (χ2v) is 7.85. The van der Waals surface area contributed by atoms with Crippen LogP contribution in [0.3, 0.4) is 0 Å². The number of benzene rings is 2. The number of fused-ring (bicyclic) bond motifs is 1. The molecule has 0 bridgehead atoms. The second-order valence-electron chi connectivity index (χ2n) is 6.86. The van der Waals surface area contributed by atoms with Crippen molar-refractivity contribution >= 4 is 40.9 Å². The van der Waals surface area contributed by atoms with Crippen molar-refractivity contribution in [1.82, 2.24) is 15.0 Å². The number of nitrogens with zero attached hydrogens (tertiary/aromatic N) is 4. The fourth-order valence-electron chi connectivity index (χ4n) is 3.45. The SMILES string of the molecule is C[C@H]1Cc2ccccc2N1C(=O)CSCc1nc(N)nc(Nc2ccccc2)n1. The smallest absolute Gasteiger partial charge is 0.237 e. The largest absolute Gasteiger partial charge is 0.368 e. The van der Waals surface area contributed by atoms with E-state index in [4.69, 9.17) is 5.73 Å². The molecule has 2 aromatic carbocycles. The fraction of sp³-hybridized carbons (Fsp3) is 0.238. The van der Waals surface area contributed by atoms with Gasteiger partial charge in [-0.15, -0.1) is 11.8 Å². The quantitative estimate of drug-likeness (QED) is 0.647. The molecule has 148 valence electrons. The summed E-state index contributed by atoms with van der Waals surface area (Å²) in [4.78, 5) is 27.4. The third kappa shape index (κ3) is 4.48. The van der Waals surface area contributed by atoms with Gasteiger partial charge in [-0.25, -0.2) is 0 Å². The van der Waals surface area contributed by atoms with Crippen LogP contribution in [0.15, 0.2) is 54.6 Å². The summed E-state index contributed by atoms with van der Waals surface area (Å²) in [5.74, 6) is 2.02. The van der Waals surface area contributed by atoms with Gasteiger partial charge in [0.15, 0.2) is 0 Å². The second kappa shape index (κ2) is 8.48. The van der Waals surface area contributed by atoms with Crippen LogP contribution in [0, 0.1) is 0 Å². The number of carbonyl (C=O) groups excluding carboxylic acids is 1. The van der Waals surface area contributed by atoms with Gasteiger partial charge in [-0.05, 0) is 37.1 Å². The Balaban J connectivity index is 1.38. The highest BCUT2D eigenvalue weighted by atomic mass is 32.2. The Hall–Kier alpha value is -3.13. The standard InChI is InChI=1S/C21H22N6OS/c1-14-11-15-7-5-6-10-17(15)27(14)19(28)13-29-12-18-24-20(22)26-21(25-18)23-16-8-3-2-4-9-16/h2-10,14H,11-13H2,1H3,(H3,22,23,24,25,26)/t14-/m0/s1. The Bertz CT molecular complexity index is 1010. The van der Waals surface area contributed by atoms with Gasteiger partial charge in [0.2, 0.25) is 17.8 Å². The van der Waals surface area contributed by atoms with Crippen LogP contribution in [-0.2, 0) is 17.0 Å². The number of carbonyl (C=O) groups is 1. The number of hydrogen-bond acceptors (Lipinski definition) is 7. The Labute approximate surface area is 173 Å². The average Bonchev–Trinajstić information content (AvgIpc) is 3.04. The van der Waals surface area contributed by atoms with Crippen molar-refractivity contribution in [2.45, 2.75) is 25.1 Å². The molecule has 7 nitrogen and oxygen atoms in total. The van der Waals surface area contributed by atoms with E-state index >= 15 is 0 Å². The lowest BCUT2D eigenvalue weighted by atomic mass is 10.1. The van der Waals surface area contributed by atoms with Crippen LogP contribution in [0.25, 0.3) is 0 Å². The normalized spacial score (nSPS) is 15.2. The van der Waals surface area contributed by atoms with Crippen molar-refractivity contribution < 1.29 is 4.79 Å². The molecule has 0 aliphatic carbocycles. The number of amides is 1. The van der Waals surface area contributed by atoms with E-state index in [1.807, 2.05) is 53.4 Å². The van der Waals surface area contributed by atoms with Gasteiger partial charge in [0.05, 0.1) is 11.5 Å². The lowest BCUT2D eigenvalue weighted by Gasteiger charge is -2.22. The fourth-order valence-corrected chi connectivity index (χ4v) is 4.18. The van der Waals surface area contributed by atoms with Crippen LogP contribution in [0.4, 0.5) is 23.3 Å². The van der Waals surface area contributed by atoms with Gasteiger partial charge in [0.25, 0.3) is 0 Å². The molecule has 0 saturated carbocycles. The lowest BCUT2D eigenvalue weighted by Crippen LogP contribution is -2.37. The van der Waals surface area contributed by atoms with Gasteiger partial charge in [-0.2, -0.15) is 15.0 Å². The molecule has 1 aliphatic rings. The van der Waals surface area contributed by atoms with Crippen molar-refractivity contribution in [2.24, 2.45) is 0 Å². The summed E-state index contributed by atoms with van der Waals surface area (Å²) in [5.41, 5.74) is 8.94. The molecule has 0 saturated heterocycles. The molecule has 1 aliphatic heterocycles. The summed E-state index contributed by atoms with van der Waals surface area (Å²) in [6, 6.07) is 17.9. The lowest BCUT2D eigenvalue weighted by molar-refractivity contribution is -0.116. The van der Waals surface area contributed by atoms with Crippen molar-refractivity contribution in [1.29, 1.82) is 0 Å². The zero-order valence-corrected chi connectivity index (χ0v) is 16.9. The maximum absolute atomic E-state index is 12.8. The molecule has 8 heteroatoms. The minimum Gasteiger partial charge on any atom is -0.368 e. The maximum atomic E-state index is 12.8. The number of nitrogens with two attached hydrogens (primary N) is 1. The summed E-state index contributed by atoms with van der Waals surface area (Å²) < 4.78 is 0. The minimum atomic E-state index is 0.0945. The number of thioether (sulfide) groups is 1. The summed E-state index contributed by atoms with van der Waals surface area (Å²) >= 11 is 1.47. The molecule has 2 heterocycles. The highest BCUT2D eigenvalue weighted by molar-refractivity contribution is 7.99. The first-order valence-electron chi connectivity index (χ1n) is 9.40. The average molecular weight is 407 g/mol. The van der Waals surface area contributed by atoms with E-state index in [1.54, 1.807) is 0 Å². The Kier molecular flexibility index (Phi) is 5.62. The number of rotatable bonds is 6. The zero-order chi connectivity index (χ0) is 20.2. The van der Waals surface area contributed by atoms with Gasteiger partial charge >= 0.3 is 0 Å². The van der Waals surface area contributed by atoms with E-state index in [0.717, 1.165) is 17.8 Å². The van der Waals surface area contributed by atoms with Crippen LogP contribution < -0.4 is 16.0 Å². The predicted molar refractivity (Wildman–Crippen MR) is 117 cm³/mol. The van der Waals surface area contributed by atoms with Crippen molar-refractivity contribution in [3.8, 4) is 0 Å². The molecule has 3 N–H and O–H groups in total. The van der Waals surface area contributed by atoms with E-state index < -0.39 is 0 Å². The van der Waals surface area contributed by atoms with Crippen molar-refractivity contribution in [3.63, 3.8) is 0 Å². The molecule has 0 spiro atoms. The Morgan fingerprint density at radius 1 is 1.14 bits per heavy atom. The van der Waals surface area contributed by atoms with Gasteiger partial charge in [0, 0.05) is 17.4 Å². The number of nitrogen functional groups attached to an aromatic ring is 1. The molecule has 0 unspecified atom stereocenters. The molecular weight excluding hydrogens is 384 g/mol. The molecule has 1 amide bonds. The first-order chi connectivity index (χ1) is 14.1. The third-order valence-electron chi connectivity index (χ3n) is 4.66. The first-order valence-corrected chi connectivity index (χ1v) is 10.6. The van der Waals surface area contributed by atoms with Crippen molar-refractivity contribution in [3.05, 3.63) is 66.0 Å². The number of aromatic nitrogens is 3. The summed E-state index contributed by atoms with van der Waals surface area (Å²) in [6.45, 7) is 2.08. The van der Waals surface area contributed by atoms with E-state index in [9.17, 15) is 4.79 Å². The maximum Gasteiger partial charge on any atom is 0.237 e. The monoisotopic (exact) mass is 406 g/mol. The zero-order valence-electron chi connectivity index (χ0n) is 16.1. The first kappa shape index (κ1) is 19.2. The van der Waals surface area contributed by atoms with Gasteiger partial charge in [0.1, 0.15) is 5.82 Å². The minimum absolute atomic E-state index is 0.0945. The molecular formula is C21H22N6OS. The van der Waals surface area contributed by atoms with E-state index in [2.05, 4.69) is 33.3 Å². The Morgan fingerprint density at radius 2 is 1.90 bits per heavy atom. The van der Waals surface area contributed by atoms with Crippen molar-refractivity contribution in [2.75, 3.05) is 21.7 Å². The number of nitrogens with one attached hydrogen (secondary N) is 1. The molecule has 1 atom stereocenters. The molecule has 0 fully saturated rings. The van der Waals surface area contributed by atoms with Crippen LogP contribution in [-0.4, -0.2) is 32.7 Å². The molecule has 1 aromatic heterocycles. The molecule has 4 rings (SSSR count). The summed E-state index contributed by atoms with van der Waals surface area (Å²) in [7, 11) is 0. The van der Waals surface area contributed by atoms with Crippen LogP contribution in [0.1, 0.15) is 18.3 Å². The highest BCUT2D eigenvalue weighted by Gasteiger charge is 2.30. The van der Waals surface area contributed by atoms with Crippen LogP contribution >= 0.6 is 11.8 Å². The van der Waals surface area contributed by atoms with Gasteiger partial charge < -0.3 is 16.0 Å². The topological polar surface area (TPSA) is 97.0 Å². The van der Waals surface area contributed by atoms with Crippen LogP contribution in [0.5, 0.6) is 0 Å². The predicted octanol–water partition coefficient (Wildman–Crippen LogP) is 3.41. The van der Waals surface area contributed by atoms with Gasteiger partial charge in [-0.1, -0.05) is 36.4 Å². The van der Waals surface area contributed by atoms with E-state index in [1.165, 1.54) is 17.3 Å². The van der Waals surface area contributed by atoms with Gasteiger partial charge in [-0.3, -0.25) is 4.79 Å². The molecule has 3 aromatic rings. The molecule has 0 radical (unpaired) electrons. The molecule has 29 heavy (non-hydrogen) atoms. The van der Waals surface area contributed by atoms with E-state index in [-0.39, 0.29) is 17.9 Å². The number of anilines is 4. The number of para-hydroxylation sites is 2.